The summed E-state index contributed by atoms with van der Waals surface area (Å²) in [4.78, 5) is 12.6. The van der Waals surface area contributed by atoms with Gasteiger partial charge < -0.3 is 10.6 Å². The van der Waals surface area contributed by atoms with E-state index < -0.39 is 0 Å². The van der Waals surface area contributed by atoms with Crippen LogP contribution in [-0.2, 0) is 13.0 Å². The SMILES string of the molecule is C=C(C)Nc1ncc(CN2CCNC(Cc3ccc(C)nc3)C2)s1. The van der Waals surface area contributed by atoms with Crippen LogP contribution in [0.25, 0.3) is 0 Å². The third-order valence-corrected chi connectivity index (χ3v) is 4.95. The van der Waals surface area contributed by atoms with Crippen LogP contribution in [0.3, 0.4) is 0 Å². The van der Waals surface area contributed by atoms with Crippen molar-refractivity contribution in [1.82, 2.24) is 20.2 Å². The largest absolute Gasteiger partial charge is 0.336 e. The first-order valence-corrected chi connectivity index (χ1v) is 9.14. The van der Waals surface area contributed by atoms with Crippen molar-refractivity contribution in [1.29, 1.82) is 0 Å². The summed E-state index contributed by atoms with van der Waals surface area (Å²) in [5.74, 6) is 0. The van der Waals surface area contributed by atoms with Gasteiger partial charge in [0.25, 0.3) is 0 Å². The molecule has 6 heteroatoms. The van der Waals surface area contributed by atoms with E-state index in [-0.39, 0.29) is 0 Å². The van der Waals surface area contributed by atoms with Crippen LogP contribution >= 0.6 is 11.3 Å². The monoisotopic (exact) mass is 343 g/mol. The van der Waals surface area contributed by atoms with Gasteiger partial charge in [0.2, 0.25) is 0 Å². The average Bonchev–Trinajstić information content (AvgIpc) is 2.96. The van der Waals surface area contributed by atoms with Crippen LogP contribution < -0.4 is 10.6 Å². The Bertz CT molecular complexity index is 679. The molecule has 2 N–H and O–H groups in total. The van der Waals surface area contributed by atoms with E-state index in [1.807, 2.05) is 26.2 Å². The van der Waals surface area contributed by atoms with Crippen molar-refractivity contribution in [2.75, 3.05) is 25.0 Å². The van der Waals surface area contributed by atoms with Crippen LogP contribution in [-0.4, -0.2) is 40.5 Å². The minimum Gasteiger partial charge on any atom is -0.336 e. The molecule has 128 valence electrons. The van der Waals surface area contributed by atoms with Crippen LogP contribution in [0.4, 0.5) is 5.13 Å². The molecule has 0 aromatic carbocycles. The molecule has 0 spiro atoms. The van der Waals surface area contributed by atoms with Crippen LogP contribution in [0.15, 0.2) is 36.8 Å². The number of allylic oxidation sites excluding steroid dienone is 1. The van der Waals surface area contributed by atoms with Crippen molar-refractivity contribution < 1.29 is 0 Å². The van der Waals surface area contributed by atoms with E-state index in [0.717, 1.165) is 49.1 Å². The highest BCUT2D eigenvalue weighted by atomic mass is 32.1. The molecule has 2 aromatic heterocycles. The first-order chi connectivity index (χ1) is 11.6. The number of nitrogens with one attached hydrogen (secondary N) is 2. The van der Waals surface area contributed by atoms with Crippen molar-refractivity contribution in [2.45, 2.75) is 32.9 Å². The molecular formula is C18H25N5S. The van der Waals surface area contributed by atoms with Gasteiger partial charge in [-0.3, -0.25) is 9.88 Å². The lowest BCUT2D eigenvalue weighted by atomic mass is 10.1. The fourth-order valence-corrected chi connectivity index (χ4v) is 3.85. The predicted octanol–water partition coefficient (Wildman–Crippen LogP) is 2.81. The molecular weight excluding hydrogens is 318 g/mol. The van der Waals surface area contributed by atoms with Crippen LogP contribution in [0.1, 0.15) is 23.1 Å². The lowest BCUT2D eigenvalue weighted by Crippen LogP contribution is -2.51. The number of anilines is 1. The Morgan fingerprint density at radius 3 is 3.04 bits per heavy atom. The Morgan fingerprint density at radius 2 is 2.29 bits per heavy atom. The minimum absolute atomic E-state index is 0.476. The lowest BCUT2D eigenvalue weighted by molar-refractivity contribution is 0.193. The molecule has 1 fully saturated rings. The van der Waals surface area contributed by atoms with E-state index in [4.69, 9.17) is 0 Å². The van der Waals surface area contributed by atoms with Crippen LogP contribution in [0.2, 0.25) is 0 Å². The standard InChI is InChI=1S/C18H25N5S/c1-13(2)22-18-21-10-17(24-18)12-23-7-6-19-16(11-23)8-15-5-4-14(3)20-9-15/h4-5,9-10,16,19H,1,6-8,11-12H2,2-3H3,(H,21,22). The molecule has 1 unspecified atom stereocenters. The number of thiazole rings is 1. The Hall–Kier alpha value is -1.76. The normalized spacial score (nSPS) is 18.5. The molecule has 5 nitrogen and oxygen atoms in total. The maximum Gasteiger partial charge on any atom is 0.187 e. The summed E-state index contributed by atoms with van der Waals surface area (Å²) in [7, 11) is 0. The zero-order valence-electron chi connectivity index (χ0n) is 14.4. The number of aromatic nitrogens is 2. The number of aryl methyl sites for hydroxylation is 1. The van der Waals surface area contributed by atoms with E-state index in [1.165, 1.54) is 10.4 Å². The fourth-order valence-electron chi connectivity index (χ4n) is 2.92. The summed E-state index contributed by atoms with van der Waals surface area (Å²) in [6, 6.07) is 4.75. The summed E-state index contributed by atoms with van der Waals surface area (Å²) in [5, 5.41) is 7.73. The quantitative estimate of drug-likeness (QED) is 0.845. The molecule has 3 rings (SSSR count). The molecule has 1 aliphatic rings. The van der Waals surface area contributed by atoms with Gasteiger partial charge in [0.05, 0.1) is 0 Å². The van der Waals surface area contributed by atoms with E-state index in [1.54, 1.807) is 11.3 Å². The summed E-state index contributed by atoms with van der Waals surface area (Å²) >= 11 is 1.71. The van der Waals surface area contributed by atoms with Gasteiger partial charge in [0.15, 0.2) is 5.13 Å². The molecule has 0 bridgehead atoms. The van der Waals surface area contributed by atoms with Crippen molar-refractivity contribution in [3.8, 4) is 0 Å². The maximum atomic E-state index is 4.41. The third-order valence-electron chi connectivity index (χ3n) is 4.05. The van der Waals surface area contributed by atoms with E-state index in [9.17, 15) is 0 Å². The highest BCUT2D eigenvalue weighted by Gasteiger charge is 2.20. The Kier molecular flexibility index (Phi) is 5.60. The van der Waals surface area contributed by atoms with Gasteiger partial charge in [-0.2, -0.15) is 0 Å². The molecule has 3 heterocycles. The maximum absolute atomic E-state index is 4.41. The second-order valence-electron chi connectivity index (χ2n) is 6.44. The van der Waals surface area contributed by atoms with Crippen molar-refractivity contribution in [3.05, 3.63) is 52.9 Å². The number of hydrogen-bond acceptors (Lipinski definition) is 6. The van der Waals surface area contributed by atoms with Gasteiger partial charge in [-0.1, -0.05) is 12.6 Å². The van der Waals surface area contributed by atoms with Gasteiger partial charge in [0, 0.05) is 60.9 Å². The first-order valence-electron chi connectivity index (χ1n) is 8.33. The van der Waals surface area contributed by atoms with Gasteiger partial charge in [-0.25, -0.2) is 4.98 Å². The second kappa shape index (κ2) is 7.88. The van der Waals surface area contributed by atoms with E-state index >= 15 is 0 Å². The van der Waals surface area contributed by atoms with Crippen molar-refractivity contribution in [2.24, 2.45) is 0 Å². The number of pyridine rings is 1. The summed E-state index contributed by atoms with van der Waals surface area (Å²) in [6.07, 6.45) is 4.99. The van der Waals surface area contributed by atoms with Crippen molar-refractivity contribution >= 4 is 16.5 Å². The average molecular weight is 344 g/mol. The molecule has 1 saturated heterocycles. The Balaban J connectivity index is 1.54. The molecule has 2 aromatic rings. The van der Waals surface area contributed by atoms with Gasteiger partial charge >= 0.3 is 0 Å². The lowest BCUT2D eigenvalue weighted by Gasteiger charge is -2.33. The van der Waals surface area contributed by atoms with E-state index in [2.05, 4.69) is 44.2 Å². The number of nitrogens with zero attached hydrogens (tertiary/aromatic N) is 3. The highest BCUT2D eigenvalue weighted by Crippen LogP contribution is 2.21. The Morgan fingerprint density at radius 1 is 1.42 bits per heavy atom. The first kappa shape index (κ1) is 17.1. The van der Waals surface area contributed by atoms with Crippen molar-refractivity contribution in [3.63, 3.8) is 0 Å². The molecule has 24 heavy (non-hydrogen) atoms. The number of rotatable bonds is 6. The highest BCUT2D eigenvalue weighted by molar-refractivity contribution is 7.15. The minimum atomic E-state index is 0.476. The van der Waals surface area contributed by atoms with Crippen LogP contribution in [0.5, 0.6) is 0 Å². The molecule has 0 saturated carbocycles. The molecule has 0 aliphatic carbocycles. The van der Waals surface area contributed by atoms with Gasteiger partial charge in [0.1, 0.15) is 0 Å². The van der Waals surface area contributed by atoms with Gasteiger partial charge in [-0.05, 0) is 31.9 Å². The second-order valence-corrected chi connectivity index (χ2v) is 7.55. The molecule has 1 aliphatic heterocycles. The smallest absolute Gasteiger partial charge is 0.187 e. The van der Waals surface area contributed by atoms with E-state index in [0.29, 0.717) is 6.04 Å². The molecule has 1 atom stereocenters. The zero-order chi connectivity index (χ0) is 16.9. The summed E-state index contributed by atoms with van der Waals surface area (Å²) in [5.41, 5.74) is 3.29. The summed E-state index contributed by atoms with van der Waals surface area (Å²) in [6.45, 7) is 11.9. The van der Waals surface area contributed by atoms with Gasteiger partial charge in [-0.15, -0.1) is 11.3 Å². The number of piperazine rings is 1. The molecule has 0 radical (unpaired) electrons. The van der Waals surface area contributed by atoms with Crippen LogP contribution in [0, 0.1) is 6.92 Å². The predicted molar refractivity (Wildman–Crippen MR) is 100 cm³/mol. The fraction of sp³-hybridized carbons (Fsp3) is 0.444. The zero-order valence-corrected chi connectivity index (χ0v) is 15.2. The third kappa shape index (κ3) is 4.87. The Labute approximate surface area is 147 Å². The molecule has 0 amide bonds. The summed E-state index contributed by atoms with van der Waals surface area (Å²) < 4.78 is 0. The number of hydrogen-bond donors (Lipinski definition) is 2. The topological polar surface area (TPSA) is 53.1 Å².